The number of hydrogen-bond donors (Lipinski definition) is 2. The fraction of sp³-hybridized carbons (Fsp3) is 0.833. The Kier molecular flexibility index (Phi) is 2.69. The zero-order chi connectivity index (χ0) is 9.19. The summed E-state index contributed by atoms with van der Waals surface area (Å²) in [5.74, 6) is -1.30. The second kappa shape index (κ2) is 3.40. The second-order valence-electron chi connectivity index (χ2n) is 2.89. The number of sulfone groups is 1. The fourth-order valence-electron chi connectivity index (χ4n) is 1.25. The Morgan fingerprint density at radius 1 is 1.58 bits per heavy atom. The Balaban J connectivity index is 2.64. The van der Waals surface area contributed by atoms with E-state index in [1.807, 2.05) is 0 Å². The van der Waals surface area contributed by atoms with Gasteiger partial charge in [0.2, 0.25) is 5.91 Å². The molecule has 0 radical (unpaired) electrons. The van der Waals surface area contributed by atoms with Crippen LogP contribution in [0.25, 0.3) is 0 Å². The first-order valence-corrected chi connectivity index (χ1v) is 5.44. The van der Waals surface area contributed by atoms with Crippen molar-refractivity contribution in [2.45, 2.75) is 11.7 Å². The zero-order valence-electron chi connectivity index (χ0n) is 6.62. The quantitative estimate of drug-likeness (QED) is 0.555. The number of carbonyl (C=O) groups excluding carboxylic acids is 1. The number of hydrogen-bond acceptors (Lipinski definition) is 4. The summed E-state index contributed by atoms with van der Waals surface area (Å²) in [7, 11) is -3.30. The second-order valence-corrected chi connectivity index (χ2v) is 5.17. The molecule has 1 rings (SSSR count). The molecule has 0 aromatic heterocycles. The lowest BCUT2D eigenvalue weighted by atomic mass is 10.4. The summed E-state index contributed by atoms with van der Waals surface area (Å²) in [6.07, 6.45) is 0.579. The van der Waals surface area contributed by atoms with Gasteiger partial charge in [-0.1, -0.05) is 0 Å². The first kappa shape index (κ1) is 9.47. The first-order chi connectivity index (χ1) is 5.52. The third-order valence-corrected chi connectivity index (χ3v) is 3.97. The minimum absolute atomic E-state index is 0.426. The molecule has 1 atom stereocenters. The molecule has 0 bridgehead atoms. The maximum Gasteiger partial charge on any atom is 0.232 e. The van der Waals surface area contributed by atoms with E-state index < -0.39 is 26.7 Å². The highest BCUT2D eigenvalue weighted by molar-refractivity contribution is 7.92. The van der Waals surface area contributed by atoms with Crippen LogP contribution < -0.4 is 11.1 Å². The summed E-state index contributed by atoms with van der Waals surface area (Å²) in [6.45, 7) is 1.14. The fourth-order valence-corrected chi connectivity index (χ4v) is 2.73. The molecule has 12 heavy (non-hydrogen) atoms. The van der Waals surface area contributed by atoms with E-state index in [-0.39, 0.29) is 0 Å². The predicted octanol–water partition coefficient (Wildman–Crippen LogP) is -1.75. The minimum atomic E-state index is -3.30. The van der Waals surface area contributed by atoms with Crippen molar-refractivity contribution >= 4 is 15.7 Å². The van der Waals surface area contributed by atoms with Crippen molar-refractivity contribution in [3.8, 4) is 0 Å². The Morgan fingerprint density at radius 3 is 2.67 bits per heavy atom. The Bertz CT molecular complexity index is 267. The van der Waals surface area contributed by atoms with Crippen LogP contribution in [0.3, 0.4) is 0 Å². The van der Waals surface area contributed by atoms with E-state index in [4.69, 9.17) is 5.73 Å². The van der Waals surface area contributed by atoms with Crippen LogP contribution in [-0.4, -0.2) is 38.4 Å². The van der Waals surface area contributed by atoms with Gasteiger partial charge in [0.05, 0.1) is 5.25 Å². The van der Waals surface area contributed by atoms with Crippen LogP contribution in [0.15, 0.2) is 0 Å². The Labute approximate surface area is 71.2 Å². The topological polar surface area (TPSA) is 89.3 Å². The molecule has 0 saturated carbocycles. The highest BCUT2D eigenvalue weighted by Crippen LogP contribution is 2.10. The third kappa shape index (κ3) is 2.18. The molecule has 1 heterocycles. The third-order valence-electron chi connectivity index (χ3n) is 1.87. The normalized spacial score (nSPS) is 24.2. The monoisotopic (exact) mass is 192 g/mol. The highest BCUT2D eigenvalue weighted by atomic mass is 32.2. The van der Waals surface area contributed by atoms with E-state index in [2.05, 4.69) is 5.32 Å². The molecule has 1 aliphatic rings. The first-order valence-electron chi connectivity index (χ1n) is 3.73. The van der Waals surface area contributed by atoms with Gasteiger partial charge in [0.15, 0.2) is 9.84 Å². The smallest absolute Gasteiger partial charge is 0.232 e. The van der Waals surface area contributed by atoms with Gasteiger partial charge in [0.1, 0.15) is 5.75 Å². The molecular weight excluding hydrogens is 180 g/mol. The van der Waals surface area contributed by atoms with Crippen LogP contribution in [0.2, 0.25) is 0 Å². The van der Waals surface area contributed by atoms with Crippen molar-refractivity contribution in [2.75, 3.05) is 18.8 Å². The average molecular weight is 192 g/mol. The maximum atomic E-state index is 11.3. The van der Waals surface area contributed by atoms with Gasteiger partial charge in [0.25, 0.3) is 0 Å². The van der Waals surface area contributed by atoms with Crippen LogP contribution >= 0.6 is 0 Å². The van der Waals surface area contributed by atoms with Gasteiger partial charge in [-0.3, -0.25) is 4.79 Å². The van der Waals surface area contributed by atoms with Gasteiger partial charge in [0, 0.05) is 6.54 Å². The van der Waals surface area contributed by atoms with E-state index in [1.54, 1.807) is 0 Å². The van der Waals surface area contributed by atoms with Gasteiger partial charge in [-0.2, -0.15) is 0 Å². The van der Waals surface area contributed by atoms with E-state index in [9.17, 15) is 13.2 Å². The Hall–Kier alpha value is -0.620. The molecule has 0 spiro atoms. The van der Waals surface area contributed by atoms with Crippen LogP contribution in [0.5, 0.6) is 0 Å². The number of nitrogens with one attached hydrogen (secondary N) is 1. The number of rotatable bonds is 3. The van der Waals surface area contributed by atoms with E-state index in [0.717, 1.165) is 0 Å². The van der Waals surface area contributed by atoms with Crippen LogP contribution in [0, 0.1) is 0 Å². The van der Waals surface area contributed by atoms with Crippen molar-refractivity contribution in [1.82, 2.24) is 5.32 Å². The van der Waals surface area contributed by atoms with E-state index >= 15 is 0 Å². The largest absolute Gasteiger partial charge is 0.369 e. The number of nitrogens with two attached hydrogens (primary N) is 1. The van der Waals surface area contributed by atoms with E-state index in [1.165, 1.54) is 0 Å². The molecule has 0 aromatic carbocycles. The molecular formula is C6H12N2O3S. The lowest BCUT2D eigenvalue weighted by Crippen LogP contribution is -2.32. The molecule has 70 valence electrons. The molecule has 0 aromatic rings. The van der Waals surface area contributed by atoms with Crippen molar-refractivity contribution in [3.63, 3.8) is 0 Å². The van der Waals surface area contributed by atoms with Gasteiger partial charge in [-0.25, -0.2) is 8.42 Å². The summed E-state index contributed by atoms with van der Waals surface area (Å²) >= 11 is 0. The van der Waals surface area contributed by atoms with Gasteiger partial charge in [-0.15, -0.1) is 0 Å². The highest BCUT2D eigenvalue weighted by Gasteiger charge is 2.29. The average Bonchev–Trinajstić information content (AvgIpc) is 2.32. The SMILES string of the molecule is NC(=O)CS(=O)(=O)C1CCNC1. The number of carbonyl (C=O) groups is 1. The van der Waals surface area contributed by atoms with Crippen molar-refractivity contribution in [1.29, 1.82) is 0 Å². The molecule has 1 aliphatic heterocycles. The minimum Gasteiger partial charge on any atom is -0.369 e. The molecule has 1 fully saturated rings. The zero-order valence-corrected chi connectivity index (χ0v) is 7.43. The van der Waals surface area contributed by atoms with Crippen molar-refractivity contribution in [2.24, 2.45) is 5.73 Å². The van der Waals surface area contributed by atoms with Crippen LogP contribution in [0.4, 0.5) is 0 Å². The molecule has 3 N–H and O–H groups in total. The number of amides is 1. The summed E-state index contributed by atoms with van der Waals surface area (Å²) in [6, 6.07) is 0. The standard InChI is InChI=1S/C6H12N2O3S/c7-6(9)4-12(10,11)5-1-2-8-3-5/h5,8H,1-4H2,(H2,7,9). The van der Waals surface area contributed by atoms with Crippen molar-refractivity contribution < 1.29 is 13.2 Å². The van der Waals surface area contributed by atoms with Gasteiger partial charge in [-0.05, 0) is 13.0 Å². The summed E-state index contributed by atoms with van der Waals surface area (Å²) in [5, 5.41) is 2.49. The summed E-state index contributed by atoms with van der Waals surface area (Å²) in [5.41, 5.74) is 4.81. The lowest BCUT2D eigenvalue weighted by Gasteiger charge is -2.07. The predicted molar refractivity (Wildman–Crippen MR) is 44.3 cm³/mol. The number of primary amides is 1. The van der Waals surface area contributed by atoms with E-state index in [0.29, 0.717) is 19.5 Å². The molecule has 1 unspecified atom stereocenters. The van der Waals surface area contributed by atoms with Crippen molar-refractivity contribution in [3.05, 3.63) is 0 Å². The van der Waals surface area contributed by atoms with Crippen LogP contribution in [0.1, 0.15) is 6.42 Å². The molecule has 1 amide bonds. The molecule has 5 nitrogen and oxygen atoms in total. The summed E-state index contributed by atoms with van der Waals surface area (Å²) in [4.78, 5) is 10.4. The lowest BCUT2D eigenvalue weighted by molar-refractivity contribution is -0.115. The summed E-state index contributed by atoms with van der Waals surface area (Å²) < 4.78 is 22.6. The maximum absolute atomic E-state index is 11.3. The van der Waals surface area contributed by atoms with Gasteiger partial charge >= 0.3 is 0 Å². The van der Waals surface area contributed by atoms with Crippen LogP contribution in [-0.2, 0) is 14.6 Å². The molecule has 0 aliphatic carbocycles. The van der Waals surface area contributed by atoms with Gasteiger partial charge < -0.3 is 11.1 Å². The Morgan fingerprint density at radius 2 is 2.25 bits per heavy atom. The molecule has 6 heteroatoms. The molecule has 1 saturated heterocycles.